The highest BCUT2D eigenvalue weighted by Crippen LogP contribution is 2.31. The van der Waals surface area contributed by atoms with Gasteiger partial charge < -0.3 is 9.90 Å². The zero-order valence-electron chi connectivity index (χ0n) is 18.4. The number of aldehydes is 1. The number of carbonyl (C=O) groups is 3. The minimum atomic E-state index is -1.12. The van der Waals surface area contributed by atoms with Crippen molar-refractivity contribution in [1.29, 1.82) is 5.26 Å². The molecule has 0 aliphatic heterocycles. The molecule has 8 heteroatoms. The predicted octanol–water partition coefficient (Wildman–Crippen LogP) is 5.14. The lowest BCUT2D eigenvalue weighted by molar-refractivity contribution is -0.143. The van der Waals surface area contributed by atoms with Gasteiger partial charge in [0.2, 0.25) is 0 Å². The molecule has 0 amide bonds. The summed E-state index contributed by atoms with van der Waals surface area (Å²) in [5, 5.41) is 19.2. The molecule has 1 aliphatic rings. The van der Waals surface area contributed by atoms with Gasteiger partial charge in [-0.25, -0.2) is 4.98 Å². The van der Waals surface area contributed by atoms with Crippen LogP contribution in [-0.2, 0) is 14.4 Å². The molecule has 0 saturated heterocycles. The summed E-state index contributed by atoms with van der Waals surface area (Å²) in [6.45, 7) is 1.77. The molecule has 1 N–H and O–H groups in total. The average molecular weight is 512 g/mol. The third kappa shape index (κ3) is 7.36. The zero-order valence-corrected chi connectivity index (χ0v) is 19.9. The van der Waals surface area contributed by atoms with Crippen molar-refractivity contribution in [2.45, 2.75) is 44.9 Å². The first-order chi connectivity index (χ1) is 15.9. The second-order valence-electron chi connectivity index (χ2n) is 7.41. The number of imidazole rings is 1. The SMILES string of the molecule is CCC(=O)C/C=C/CC(C(=O)O)C(C=O)c1ncc(Br)n1C1=CC=C(C#N)CC=CC=CC1. The number of nitriles is 1. The summed E-state index contributed by atoms with van der Waals surface area (Å²) in [6, 6.07) is 2.16. The van der Waals surface area contributed by atoms with E-state index in [1.54, 1.807) is 35.8 Å². The smallest absolute Gasteiger partial charge is 0.307 e. The lowest BCUT2D eigenvalue weighted by atomic mass is 9.89. The van der Waals surface area contributed by atoms with Crippen LogP contribution < -0.4 is 0 Å². The molecule has 0 radical (unpaired) electrons. The van der Waals surface area contributed by atoms with Crippen molar-refractivity contribution in [3.05, 3.63) is 70.8 Å². The average Bonchev–Trinajstić information content (AvgIpc) is 3.19. The number of hydrogen-bond donors (Lipinski definition) is 1. The van der Waals surface area contributed by atoms with Gasteiger partial charge in [-0.15, -0.1) is 0 Å². The van der Waals surface area contributed by atoms with Crippen LogP contribution in [0.5, 0.6) is 0 Å². The van der Waals surface area contributed by atoms with Crippen molar-refractivity contribution in [2.24, 2.45) is 5.92 Å². The molecule has 0 aromatic carbocycles. The number of hydrogen-bond acceptors (Lipinski definition) is 5. The van der Waals surface area contributed by atoms with Crippen molar-refractivity contribution >= 4 is 39.7 Å². The molecule has 0 spiro atoms. The molecule has 1 aromatic heterocycles. The Balaban J connectivity index is 2.44. The number of halogens is 1. The molecule has 2 rings (SSSR count). The first kappa shape index (κ1) is 25.9. The Morgan fingerprint density at radius 3 is 2.64 bits per heavy atom. The van der Waals surface area contributed by atoms with Crippen LogP contribution in [-0.4, -0.2) is 32.7 Å². The second-order valence-corrected chi connectivity index (χ2v) is 8.22. The van der Waals surface area contributed by atoms with E-state index in [2.05, 4.69) is 27.0 Å². The maximum atomic E-state index is 12.1. The van der Waals surface area contributed by atoms with Crippen LogP contribution in [0.4, 0.5) is 0 Å². The highest BCUT2D eigenvalue weighted by atomic mass is 79.9. The highest BCUT2D eigenvalue weighted by Gasteiger charge is 2.32. The van der Waals surface area contributed by atoms with Gasteiger partial charge in [0.05, 0.1) is 24.1 Å². The van der Waals surface area contributed by atoms with E-state index in [1.807, 2.05) is 24.3 Å². The minimum absolute atomic E-state index is 0.0557. The van der Waals surface area contributed by atoms with Gasteiger partial charge in [-0.3, -0.25) is 14.2 Å². The highest BCUT2D eigenvalue weighted by molar-refractivity contribution is 9.10. The van der Waals surface area contributed by atoms with E-state index >= 15 is 0 Å². The fourth-order valence-corrected chi connectivity index (χ4v) is 3.84. The summed E-state index contributed by atoms with van der Waals surface area (Å²) in [5.41, 5.74) is 1.30. The summed E-state index contributed by atoms with van der Waals surface area (Å²) < 4.78 is 2.28. The monoisotopic (exact) mass is 511 g/mol. The van der Waals surface area contributed by atoms with Crippen molar-refractivity contribution in [1.82, 2.24) is 9.55 Å². The molecular formula is C25H26BrN3O4. The number of carboxylic acid groups (broad SMARTS) is 1. The molecule has 0 bridgehead atoms. The van der Waals surface area contributed by atoms with Gasteiger partial charge >= 0.3 is 5.97 Å². The number of aliphatic carboxylic acids is 1. The first-order valence-electron chi connectivity index (χ1n) is 10.6. The second kappa shape index (κ2) is 13.3. The normalized spacial score (nSPS) is 15.9. The van der Waals surface area contributed by atoms with Crippen molar-refractivity contribution in [3.63, 3.8) is 0 Å². The summed E-state index contributed by atoms with van der Waals surface area (Å²) in [4.78, 5) is 40.0. The van der Waals surface area contributed by atoms with Crippen LogP contribution in [0.1, 0.15) is 50.8 Å². The maximum absolute atomic E-state index is 12.1. The van der Waals surface area contributed by atoms with Crippen LogP contribution in [0.15, 0.2) is 65.0 Å². The Hall–Kier alpha value is -3.31. The van der Waals surface area contributed by atoms with E-state index in [-0.39, 0.29) is 18.6 Å². The maximum Gasteiger partial charge on any atom is 0.307 e. The van der Waals surface area contributed by atoms with Gasteiger partial charge in [0.15, 0.2) is 0 Å². The van der Waals surface area contributed by atoms with Gasteiger partial charge in [-0.2, -0.15) is 5.26 Å². The predicted molar refractivity (Wildman–Crippen MR) is 129 cm³/mol. The van der Waals surface area contributed by atoms with Gasteiger partial charge in [0.1, 0.15) is 22.5 Å². The molecule has 2 atom stereocenters. The summed E-state index contributed by atoms with van der Waals surface area (Å²) in [7, 11) is 0. The Bertz CT molecular complexity index is 1070. The Morgan fingerprint density at radius 1 is 1.27 bits per heavy atom. The fraction of sp³-hybridized carbons (Fsp3) is 0.320. The van der Waals surface area contributed by atoms with Crippen molar-refractivity contribution < 1.29 is 19.5 Å². The third-order valence-corrected chi connectivity index (χ3v) is 5.75. The van der Waals surface area contributed by atoms with E-state index in [9.17, 15) is 24.8 Å². The lowest BCUT2D eigenvalue weighted by Crippen LogP contribution is -2.25. The lowest BCUT2D eigenvalue weighted by Gasteiger charge is -2.20. The molecule has 1 heterocycles. The van der Waals surface area contributed by atoms with Gasteiger partial charge in [0, 0.05) is 37.0 Å². The van der Waals surface area contributed by atoms with E-state index < -0.39 is 17.8 Å². The molecule has 33 heavy (non-hydrogen) atoms. The molecule has 7 nitrogen and oxygen atoms in total. The summed E-state index contributed by atoms with van der Waals surface area (Å²) >= 11 is 3.46. The largest absolute Gasteiger partial charge is 0.481 e. The summed E-state index contributed by atoms with van der Waals surface area (Å²) in [5.74, 6) is -2.84. The molecular weight excluding hydrogens is 486 g/mol. The van der Waals surface area contributed by atoms with Crippen LogP contribution in [0.2, 0.25) is 0 Å². The van der Waals surface area contributed by atoms with E-state index in [0.717, 1.165) is 5.70 Å². The van der Waals surface area contributed by atoms with E-state index in [0.29, 0.717) is 41.5 Å². The van der Waals surface area contributed by atoms with E-state index in [4.69, 9.17) is 0 Å². The van der Waals surface area contributed by atoms with Gasteiger partial charge in [-0.1, -0.05) is 43.4 Å². The van der Waals surface area contributed by atoms with Gasteiger partial charge in [-0.05, 0) is 34.5 Å². The number of Topliss-reactive ketones (excluding diaryl/α,β-unsaturated/α-hetero) is 1. The molecule has 1 aromatic rings. The number of carboxylic acids is 1. The van der Waals surface area contributed by atoms with Crippen LogP contribution in [0, 0.1) is 17.2 Å². The minimum Gasteiger partial charge on any atom is -0.481 e. The van der Waals surface area contributed by atoms with Gasteiger partial charge in [0.25, 0.3) is 0 Å². The Kier molecular flexibility index (Phi) is 10.4. The van der Waals surface area contributed by atoms with E-state index in [1.165, 1.54) is 6.20 Å². The molecule has 172 valence electrons. The number of allylic oxidation sites excluding steroid dienone is 10. The number of ketones is 1. The Labute approximate surface area is 201 Å². The Morgan fingerprint density at radius 2 is 2.00 bits per heavy atom. The molecule has 0 fully saturated rings. The van der Waals surface area contributed by atoms with Crippen molar-refractivity contribution in [3.8, 4) is 6.07 Å². The van der Waals surface area contributed by atoms with Crippen LogP contribution in [0.25, 0.3) is 5.70 Å². The number of carbonyl (C=O) groups excluding carboxylic acids is 2. The number of nitrogens with zero attached hydrogens (tertiary/aromatic N) is 3. The third-order valence-electron chi connectivity index (χ3n) is 5.19. The van der Waals surface area contributed by atoms with Crippen LogP contribution in [0.3, 0.4) is 0 Å². The standard InChI is InChI=1S/C25H26BrN3O4/c1-2-20(31)11-7-8-12-21(25(32)33)22(17-30)24-28-16-23(26)29(24)19-10-6-4-3-5-9-18(15-27)13-14-19/h3-8,13-14,16-17,21-22H,2,9-12H2,1H3,(H,32,33)/b5-3?,6-4?,8-7+,18-13?,19-14?. The summed E-state index contributed by atoms with van der Waals surface area (Å²) in [6.07, 6.45) is 18.2. The molecule has 0 saturated carbocycles. The topological polar surface area (TPSA) is 113 Å². The quantitative estimate of drug-likeness (QED) is 0.343. The molecule has 2 unspecified atom stereocenters. The first-order valence-corrected chi connectivity index (χ1v) is 11.4. The molecule has 1 aliphatic carbocycles. The van der Waals surface area contributed by atoms with Crippen molar-refractivity contribution in [2.75, 3.05) is 0 Å². The fourth-order valence-electron chi connectivity index (χ4n) is 3.32. The number of rotatable bonds is 10. The zero-order chi connectivity index (χ0) is 24.2. The number of aromatic nitrogens is 2. The van der Waals surface area contributed by atoms with Crippen LogP contribution >= 0.6 is 15.9 Å².